The van der Waals surface area contributed by atoms with Crippen LogP contribution in [0, 0.1) is 17.0 Å². The molecule has 0 unspecified atom stereocenters. The molecule has 0 bridgehead atoms. The van der Waals surface area contributed by atoms with Gasteiger partial charge in [-0.05, 0) is 46.2 Å². The maximum Gasteiger partial charge on any atom is 0.312 e. The van der Waals surface area contributed by atoms with E-state index < -0.39 is 34.4 Å². The number of halogens is 2. The maximum atomic E-state index is 13.4. The Labute approximate surface area is 117 Å². The zero-order chi connectivity index (χ0) is 15.7. The van der Waals surface area contributed by atoms with Crippen molar-refractivity contribution < 1.29 is 23.4 Å². The van der Waals surface area contributed by atoms with Crippen LogP contribution < -0.4 is 0 Å². The molecule has 3 nitrogen and oxygen atoms in total. The van der Waals surface area contributed by atoms with Gasteiger partial charge < -0.3 is 9.84 Å². The molecular weight excluding hydrogens is 266 g/mol. The predicted molar refractivity (Wildman–Crippen MR) is 71.2 cm³/mol. The van der Waals surface area contributed by atoms with Crippen molar-refractivity contribution in [1.82, 2.24) is 0 Å². The van der Waals surface area contributed by atoms with Crippen LogP contribution in [0.1, 0.15) is 46.6 Å². The molecular formula is C15H20F2O3. The second-order valence-electron chi connectivity index (χ2n) is 5.93. The van der Waals surface area contributed by atoms with Crippen LogP contribution in [0.15, 0.2) is 12.1 Å². The Kier molecular flexibility index (Phi) is 4.42. The van der Waals surface area contributed by atoms with Gasteiger partial charge in [-0.1, -0.05) is 6.92 Å². The molecule has 0 aliphatic heterocycles. The number of esters is 1. The van der Waals surface area contributed by atoms with Gasteiger partial charge in [-0.3, -0.25) is 4.79 Å². The van der Waals surface area contributed by atoms with E-state index in [1.54, 1.807) is 27.7 Å². The highest BCUT2D eigenvalue weighted by molar-refractivity contribution is 5.76. The summed E-state index contributed by atoms with van der Waals surface area (Å²) in [5.74, 6) is -3.65. The Morgan fingerprint density at radius 1 is 1.20 bits per heavy atom. The minimum Gasteiger partial charge on any atom is -0.503 e. The Balaban J connectivity index is 3.09. The summed E-state index contributed by atoms with van der Waals surface area (Å²) in [5.41, 5.74) is -1.73. The Morgan fingerprint density at radius 3 is 2.05 bits per heavy atom. The summed E-state index contributed by atoms with van der Waals surface area (Å²) >= 11 is 0. The summed E-state index contributed by atoms with van der Waals surface area (Å²) in [4.78, 5) is 12.1. The van der Waals surface area contributed by atoms with E-state index in [1.807, 2.05) is 6.92 Å². The van der Waals surface area contributed by atoms with E-state index in [0.29, 0.717) is 6.42 Å². The van der Waals surface area contributed by atoms with Crippen molar-refractivity contribution in [2.45, 2.75) is 46.6 Å². The van der Waals surface area contributed by atoms with Crippen LogP contribution in [0.2, 0.25) is 0 Å². The van der Waals surface area contributed by atoms with Crippen LogP contribution in [0.25, 0.3) is 0 Å². The van der Waals surface area contributed by atoms with Gasteiger partial charge in [-0.15, -0.1) is 0 Å². The lowest BCUT2D eigenvalue weighted by Gasteiger charge is -2.31. The van der Waals surface area contributed by atoms with E-state index in [-0.39, 0.29) is 5.56 Å². The number of carbonyl (C=O) groups excluding carboxylic acids is 1. The third-order valence-corrected chi connectivity index (χ3v) is 3.50. The molecule has 1 aromatic carbocycles. The van der Waals surface area contributed by atoms with Crippen LogP contribution in [0.5, 0.6) is 5.75 Å². The average molecular weight is 286 g/mol. The summed E-state index contributed by atoms with van der Waals surface area (Å²) in [6, 6.07) is 1.93. The molecule has 0 spiro atoms. The van der Waals surface area contributed by atoms with E-state index in [4.69, 9.17) is 9.84 Å². The summed E-state index contributed by atoms with van der Waals surface area (Å²) in [6.07, 6.45) is 0.584. The summed E-state index contributed by atoms with van der Waals surface area (Å²) in [6.45, 7) is 8.42. The smallest absolute Gasteiger partial charge is 0.312 e. The van der Waals surface area contributed by atoms with Crippen molar-refractivity contribution in [2.24, 2.45) is 5.41 Å². The average Bonchev–Trinajstić information content (AvgIpc) is 2.34. The molecule has 20 heavy (non-hydrogen) atoms. The van der Waals surface area contributed by atoms with Crippen LogP contribution in [-0.2, 0) is 15.1 Å². The molecule has 1 aromatic rings. The van der Waals surface area contributed by atoms with Crippen molar-refractivity contribution in [3.05, 3.63) is 29.3 Å². The van der Waals surface area contributed by atoms with Crippen LogP contribution in [-0.4, -0.2) is 11.1 Å². The topological polar surface area (TPSA) is 46.5 Å². The van der Waals surface area contributed by atoms with E-state index in [2.05, 4.69) is 0 Å². The van der Waals surface area contributed by atoms with E-state index in [9.17, 15) is 13.6 Å². The number of phenolic OH excluding ortho intramolecular Hbond substituents is 1. The first-order chi connectivity index (χ1) is 9.01. The van der Waals surface area contributed by atoms with Crippen LogP contribution in [0.4, 0.5) is 8.78 Å². The lowest BCUT2D eigenvalue weighted by atomic mass is 9.89. The van der Waals surface area contributed by atoms with Gasteiger partial charge in [-0.2, -0.15) is 0 Å². The van der Waals surface area contributed by atoms with Crippen LogP contribution in [0.3, 0.4) is 0 Å². The monoisotopic (exact) mass is 286 g/mol. The number of hydrogen-bond donors (Lipinski definition) is 1. The molecule has 0 heterocycles. The fraction of sp³-hybridized carbons (Fsp3) is 0.533. The van der Waals surface area contributed by atoms with Gasteiger partial charge in [-0.25, -0.2) is 8.78 Å². The molecule has 0 saturated heterocycles. The normalized spacial score (nSPS) is 12.3. The zero-order valence-corrected chi connectivity index (χ0v) is 12.4. The lowest BCUT2D eigenvalue weighted by molar-refractivity contribution is -0.168. The highest BCUT2D eigenvalue weighted by Crippen LogP contribution is 2.33. The predicted octanol–water partition coefficient (Wildman–Crippen LogP) is 3.88. The van der Waals surface area contributed by atoms with Crippen molar-refractivity contribution in [3.63, 3.8) is 0 Å². The molecule has 0 fully saturated rings. The standard InChI is InChI=1S/C15H20F2O3/c1-6-14(2,3)13(19)20-15(4,5)9-7-10(16)12(18)11(17)8-9/h7-8,18H,6H2,1-5H3. The number of phenols is 1. The summed E-state index contributed by atoms with van der Waals surface area (Å²) in [5, 5.41) is 9.09. The van der Waals surface area contributed by atoms with E-state index in [1.165, 1.54) is 0 Å². The second kappa shape index (κ2) is 5.38. The van der Waals surface area contributed by atoms with Crippen LogP contribution >= 0.6 is 0 Å². The number of rotatable bonds is 4. The third kappa shape index (κ3) is 3.26. The van der Waals surface area contributed by atoms with Gasteiger partial charge >= 0.3 is 5.97 Å². The molecule has 0 radical (unpaired) electrons. The molecule has 1 N–H and O–H groups in total. The van der Waals surface area contributed by atoms with Crippen molar-refractivity contribution in [1.29, 1.82) is 0 Å². The quantitative estimate of drug-likeness (QED) is 0.854. The van der Waals surface area contributed by atoms with Crippen molar-refractivity contribution in [2.75, 3.05) is 0 Å². The summed E-state index contributed by atoms with van der Waals surface area (Å²) in [7, 11) is 0. The minimum absolute atomic E-state index is 0.144. The highest BCUT2D eigenvalue weighted by atomic mass is 19.1. The largest absolute Gasteiger partial charge is 0.503 e. The molecule has 112 valence electrons. The molecule has 0 aromatic heterocycles. The highest BCUT2D eigenvalue weighted by Gasteiger charge is 2.34. The Bertz CT molecular complexity index is 499. The molecule has 0 aliphatic carbocycles. The minimum atomic E-state index is -1.20. The lowest BCUT2D eigenvalue weighted by Crippen LogP contribution is -2.34. The maximum absolute atomic E-state index is 13.4. The molecule has 0 aliphatic rings. The number of benzene rings is 1. The molecule has 0 atom stereocenters. The van der Waals surface area contributed by atoms with Gasteiger partial charge in [0.05, 0.1) is 5.41 Å². The van der Waals surface area contributed by atoms with Crippen molar-refractivity contribution in [3.8, 4) is 5.75 Å². The van der Waals surface area contributed by atoms with Gasteiger partial charge in [0.25, 0.3) is 0 Å². The van der Waals surface area contributed by atoms with Gasteiger partial charge in [0.2, 0.25) is 0 Å². The Hall–Kier alpha value is -1.65. The molecule has 0 saturated carbocycles. The first kappa shape index (κ1) is 16.4. The number of hydrogen-bond acceptors (Lipinski definition) is 3. The Morgan fingerprint density at radius 2 is 1.65 bits per heavy atom. The second-order valence-corrected chi connectivity index (χ2v) is 5.93. The molecule has 5 heteroatoms. The first-order valence-corrected chi connectivity index (χ1v) is 6.43. The zero-order valence-electron chi connectivity index (χ0n) is 12.4. The van der Waals surface area contributed by atoms with E-state index >= 15 is 0 Å². The number of aromatic hydroxyl groups is 1. The van der Waals surface area contributed by atoms with Crippen molar-refractivity contribution >= 4 is 5.97 Å². The SMILES string of the molecule is CCC(C)(C)C(=O)OC(C)(C)c1cc(F)c(O)c(F)c1. The summed E-state index contributed by atoms with van der Waals surface area (Å²) < 4.78 is 32.1. The van der Waals surface area contributed by atoms with Gasteiger partial charge in [0.1, 0.15) is 5.60 Å². The third-order valence-electron chi connectivity index (χ3n) is 3.50. The number of carbonyl (C=O) groups is 1. The van der Waals surface area contributed by atoms with Gasteiger partial charge in [0, 0.05) is 5.56 Å². The van der Waals surface area contributed by atoms with E-state index in [0.717, 1.165) is 12.1 Å². The fourth-order valence-electron chi connectivity index (χ4n) is 1.49. The fourth-order valence-corrected chi connectivity index (χ4v) is 1.49. The number of ether oxygens (including phenoxy) is 1. The van der Waals surface area contributed by atoms with Gasteiger partial charge in [0.15, 0.2) is 17.4 Å². The molecule has 0 amide bonds. The molecule has 1 rings (SSSR count). The first-order valence-electron chi connectivity index (χ1n) is 6.43.